The molecule has 0 spiro atoms. The predicted octanol–water partition coefficient (Wildman–Crippen LogP) is 0.948. The van der Waals surface area contributed by atoms with E-state index in [-0.39, 0.29) is 23.5 Å². The highest BCUT2D eigenvalue weighted by Crippen LogP contribution is 2.29. The second-order valence-electron chi connectivity index (χ2n) is 6.50. The maximum atomic E-state index is 12.1. The Morgan fingerprint density at radius 3 is 2.70 bits per heavy atom. The van der Waals surface area contributed by atoms with Crippen LogP contribution in [-0.4, -0.2) is 36.5 Å². The zero-order valence-electron chi connectivity index (χ0n) is 14.2. The van der Waals surface area contributed by atoms with Crippen LogP contribution in [0.3, 0.4) is 0 Å². The molecular formula is C15H26N4O3S. The molecule has 130 valence electrons. The van der Waals surface area contributed by atoms with Gasteiger partial charge in [-0.05, 0) is 25.2 Å². The summed E-state index contributed by atoms with van der Waals surface area (Å²) in [5.41, 5.74) is 0. The molecule has 23 heavy (non-hydrogen) atoms. The summed E-state index contributed by atoms with van der Waals surface area (Å²) in [6.45, 7) is 5.78. The highest BCUT2D eigenvalue weighted by atomic mass is 32.2. The Morgan fingerprint density at radius 1 is 1.39 bits per heavy atom. The van der Waals surface area contributed by atoms with E-state index in [0.717, 1.165) is 12.8 Å². The Hall–Kier alpha value is -1.41. The number of sulfonamides is 1. The van der Waals surface area contributed by atoms with E-state index in [2.05, 4.69) is 28.9 Å². The summed E-state index contributed by atoms with van der Waals surface area (Å²) in [6.07, 6.45) is 4.65. The van der Waals surface area contributed by atoms with E-state index in [1.165, 1.54) is 12.6 Å². The minimum atomic E-state index is -3.76. The van der Waals surface area contributed by atoms with Gasteiger partial charge in [0.2, 0.25) is 5.91 Å². The third kappa shape index (κ3) is 4.32. The zero-order valence-corrected chi connectivity index (χ0v) is 15.0. The van der Waals surface area contributed by atoms with Gasteiger partial charge >= 0.3 is 0 Å². The molecule has 1 aliphatic carbocycles. The Kier molecular flexibility index (Phi) is 5.46. The molecule has 0 aromatic carbocycles. The van der Waals surface area contributed by atoms with Gasteiger partial charge in [0, 0.05) is 19.3 Å². The molecule has 1 saturated carbocycles. The lowest BCUT2D eigenvalue weighted by atomic mass is 9.78. The number of amides is 1. The van der Waals surface area contributed by atoms with Gasteiger partial charge < -0.3 is 9.88 Å². The van der Waals surface area contributed by atoms with Gasteiger partial charge in [-0.25, -0.2) is 18.1 Å². The maximum Gasteiger partial charge on any atom is 0.260 e. The topological polar surface area (TPSA) is 93.1 Å². The number of carbonyl (C=O) groups is 1. The van der Waals surface area contributed by atoms with Crippen molar-refractivity contribution in [3.05, 3.63) is 12.0 Å². The van der Waals surface area contributed by atoms with Crippen molar-refractivity contribution in [3.8, 4) is 0 Å². The van der Waals surface area contributed by atoms with Crippen LogP contribution < -0.4 is 10.0 Å². The van der Waals surface area contributed by atoms with E-state index in [9.17, 15) is 13.2 Å². The van der Waals surface area contributed by atoms with Crippen LogP contribution in [0, 0.1) is 18.8 Å². The van der Waals surface area contributed by atoms with E-state index in [0.29, 0.717) is 17.7 Å². The molecule has 2 rings (SSSR count). The van der Waals surface area contributed by atoms with Gasteiger partial charge in [-0.1, -0.05) is 26.7 Å². The molecule has 1 heterocycles. The van der Waals surface area contributed by atoms with Crippen LogP contribution in [0.25, 0.3) is 0 Å². The molecule has 0 aliphatic heterocycles. The molecule has 0 bridgehead atoms. The van der Waals surface area contributed by atoms with Gasteiger partial charge in [-0.15, -0.1) is 0 Å². The molecule has 0 unspecified atom stereocenters. The van der Waals surface area contributed by atoms with Crippen LogP contribution in [-0.2, 0) is 21.9 Å². The number of imidazole rings is 1. The summed E-state index contributed by atoms with van der Waals surface area (Å²) in [7, 11) is -2.04. The molecule has 1 aromatic heterocycles. The minimum absolute atomic E-state index is 0.0649. The van der Waals surface area contributed by atoms with Gasteiger partial charge in [0.25, 0.3) is 10.0 Å². The van der Waals surface area contributed by atoms with Crippen molar-refractivity contribution in [1.29, 1.82) is 0 Å². The number of nitrogens with zero attached hydrogens (tertiary/aromatic N) is 2. The summed E-state index contributed by atoms with van der Waals surface area (Å²) in [5, 5.41) is 2.88. The van der Waals surface area contributed by atoms with Crippen molar-refractivity contribution in [2.45, 2.75) is 51.1 Å². The lowest BCUT2D eigenvalue weighted by molar-refractivity contribution is -0.121. The number of aromatic nitrogens is 2. The molecule has 0 radical (unpaired) electrons. The van der Waals surface area contributed by atoms with E-state index in [1.54, 1.807) is 18.5 Å². The molecule has 0 saturated heterocycles. The number of nitrogens with one attached hydrogen (secondary N) is 2. The molecule has 1 fully saturated rings. The number of carbonyl (C=O) groups excluding carboxylic acids is 1. The highest BCUT2D eigenvalue weighted by molar-refractivity contribution is 7.89. The van der Waals surface area contributed by atoms with Crippen LogP contribution in [0.4, 0.5) is 0 Å². The van der Waals surface area contributed by atoms with E-state index in [1.807, 2.05) is 0 Å². The minimum Gasteiger partial charge on any atom is -0.352 e. The van der Waals surface area contributed by atoms with Crippen LogP contribution in [0.15, 0.2) is 11.2 Å². The normalized spacial score (nSPS) is 25.3. The molecule has 8 heteroatoms. The van der Waals surface area contributed by atoms with Gasteiger partial charge in [0.1, 0.15) is 5.82 Å². The number of aryl methyl sites for hydroxylation is 2. The molecule has 1 aromatic rings. The fourth-order valence-electron chi connectivity index (χ4n) is 2.93. The first kappa shape index (κ1) is 17.9. The van der Waals surface area contributed by atoms with Gasteiger partial charge in [0.05, 0.1) is 6.54 Å². The Labute approximate surface area is 137 Å². The van der Waals surface area contributed by atoms with Gasteiger partial charge in [-0.2, -0.15) is 0 Å². The quantitative estimate of drug-likeness (QED) is 0.833. The monoisotopic (exact) mass is 342 g/mol. The van der Waals surface area contributed by atoms with Gasteiger partial charge in [0.15, 0.2) is 5.03 Å². The molecule has 2 N–H and O–H groups in total. The standard InChI is InChI=1S/C15H26N4O3S/c1-10-6-5-7-13(11(10)2)18-14(20)8-16-23(21,22)15-9-19(4)12(3)17-15/h9-11,13,16H,5-8H2,1-4H3,(H,18,20)/t10-,11+,13-/m1/s1. The number of hydrogen-bond acceptors (Lipinski definition) is 4. The van der Waals surface area contributed by atoms with Crippen molar-refractivity contribution in [2.24, 2.45) is 18.9 Å². The lowest BCUT2D eigenvalue weighted by Crippen LogP contribution is -2.47. The smallest absolute Gasteiger partial charge is 0.260 e. The van der Waals surface area contributed by atoms with E-state index >= 15 is 0 Å². The SMILES string of the molecule is Cc1nc(S(=O)(=O)NCC(=O)N[C@@H]2CCC[C@@H](C)[C@@H]2C)cn1C. The predicted molar refractivity (Wildman–Crippen MR) is 87.2 cm³/mol. The van der Waals surface area contributed by atoms with Crippen molar-refractivity contribution in [1.82, 2.24) is 19.6 Å². The summed E-state index contributed by atoms with van der Waals surface area (Å²) in [6, 6.07) is 0.118. The Morgan fingerprint density at radius 2 is 2.09 bits per heavy atom. The average Bonchev–Trinajstić information content (AvgIpc) is 2.82. The maximum absolute atomic E-state index is 12.1. The number of rotatable bonds is 5. The van der Waals surface area contributed by atoms with E-state index < -0.39 is 10.0 Å². The largest absolute Gasteiger partial charge is 0.352 e. The highest BCUT2D eigenvalue weighted by Gasteiger charge is 2.28. The lowest BCUT2D eigenvalue weighted by Gasteiger charge is -2.34. The van der Waals surface area contributed by atoms with E-state index in [4.69, 9.17) is 0 Å². The van der Waals surface area contributed by atoms with Crippen LogP contribution in [0.5, 0.6) is 0 Å². The Balaban J connectivity index is 1.91. The molecule has 3 atom stereocenters. The van der Waals surface area contributed by atoms with Crippen LogP contribution >= 0.6 is 0 Å². The first-order chi connectivity index (χ1) is 10.7. The zero-order chi connectivity index (χ0) is 17.2. The van der Waals surface area contributed by atoms with Gasteiger partial charge in [-0.3, -0.25) is 4.79 Å². The van der Waals surface area contributed by atoms with Crippen molar-refractivity contribution in [3.63, 3.8) is 0 Å². The van der Waals surface area contributed by atoms with Crippen molar-refractivity contribution >= 4 is 15.9 Å². The fraction of sp³-hybridized carbons (Fsp3) is 0.733. The molecule has 1 aliphatic rings. The third-order valence-electron chi connectivity index (χ3n) is 4.84. The first-order valence-corrected chi connectivity index (χ1v) is 9.48. The molecular weight excluding hydrogens is 316 g/mol. The second-order valence-corrected chi connectivity index (χ2v) is 8.22. The first-order valence-electron chi connectivity index (χ1n) is 7.99. The Bertz CT molecular complexity index is 649. The fourth-order valence-corrected chi connectivity index (χ4v) is 3.95. The van der Waals surface area contributed by atoms with Crippen molar-refractivity contribution in [2.75, 3.05) is 6.54 Å². The third-order valence-corrected chi connectivity index (χ3v) is 6.11. The summed E-state index contributed by atoms with van der Waals surface area (Å²) < 4.78 is 28.2. The van der Waals surface area contributed by atoms with Crippen molar-refractivity contribution < 1.29 is 13.2 Å². The summed E-state index contributed by atoms with van der Waals surface area (Å²) >= 11 is 0. The summed E-state index contributed by atoms with van der Waals surface area (Å²) in [5.74, 6) is 1.28. The molecule has 1 amide bonds. The average molecular weight is 342 g/mol. The summed E-state index contributed by atoms with van der Waals surface area (Å²) in [4.78, 5) is 16.0. The van der Waals surface area contributed by atoms with Crippen LogP contribution in [0.2, 0.25) is 0 Å². The molecule has 7 nitrogen and oxygen atoms in total. The van der Waals surface area contributed by atoms with Crippen LogP contribution in [0.1, 0.15) is 38.9 Å². The second kappa shape index (κ2) is 7.00. The number of hydrogen-bond donors (Lipinski definition) is 2.